The Balaban J connectivity index is 1.48. The molecule has 2 aliphatic rings. The number of alkyl halides is 3. The fourth-order valence-corrected chi connectivity index (χ4v) is 4.73. The molecule has 2 fully saturated rings. The van der Waals surface area contributed by atoms with E-state index in [2.05, 4.69) is 24.6 Å². The number of likely N-dealkylation sites (tertiary alicyclic amines) is 1. The number of phenols is 1. The fraction of sp³-hybridized carbons (Fsp3) is 0.500. The van der Waals surface area contributed by atoms with E-state index in [1.807, 2.05) is 6.92 Å². The molecule has 1 atom stereocenters. The molecule has 1 N–H and O–H groups in total. The van der Waals surface area contributed by atoms with Gasteiger partial charge in [-0.1, -0.05) is 6.42 Å². The summed E-state index contributed by atoms with van der Waals surface area (Å²) in [5.41, 5.74) is 1.66. The lowest BCUT2D eigenvalue weighted by atomic mass is 9.89. The van der Waals surface area contributed by atoms with Crippen LogP contribution >= 0.6 is 0 Å². The van der Waals surface area contributed by atoms with Crippen LogP contribution in [0.15, 0.2) is 24.5 Å². The molecular weight excluding hydrogens is 407 g/mol. The van der Waals surface area contributed by atoms with E-state index in [0.717, 1.165) is 38.1 Å². The number of rotatable bonds is 3. The van der Waals surface area contributed by atoms with Crippen LogP contribution in [-0.4, -0.2) is 48.9 Å². The first-order valence-corrected chi connectivity index (χ1v) is 10.7. The van der Waals surface area contributed by atoms with E-state index in [0.29, 0.717) is 28.5 Å². The highest BCUT2D eigenvalue weighted by atomic mass is 19.4. The first kappa shape index (κ1) is 20.2. The van der Waals surface area contributed by atoms with E-state index in [1.54, 1.807) is 6.33 Å². The monoisotopic (exact) mass is 431 g/mol. The Hall–Kier alpha value is -2.68. The fourth-order valence-electron chi connectivity index (χ4n) is 4.73. The molecule has 1 saturated heterocycles. The van der Waals surface area contributed by atoms with Gasteiger partial charge in [-0.15, -0.1) is 10.2 Å². The number of aromatic hydroxyl groups is 1. The zero-order chi connectivity index (χ0) is 21.8. The van der Waals surface area contributed by atoms with Gasteiger partial charge in [0.1, 0.15) is 17.0 Å². The number of aromatic nitrogens is 4. The second kappa shape index (κ2) is 7.47. The molecule has 31 heavy (non-hydrogen) atoms. The molecule has 164 valence electrons. The van der Waals surface area contributed by atoms with Gasteiger partial charge in [-0.25, -0.2) is 4.98 Å². The van der Waals surface area contributed by atoms with Gasteiger partial charge >= 0.3 is 6.18 Å². The first-order valence-electron chi connectivity index (χ1n) is 10.7. The number of imidazole rings is 1. The summed E-state index contributed by atoms with van der Waals surface area (Å²) in [5, 5.41) is 18.9. The third-order valence-corrected chi connectivity index (χ3v) is 6.72. The minimum Gasteiger partial charge on any atom is -0.507 e. The molecule has 1 aromatic carbocycles. The maximum absolute atomic E-state index is 12.9. The normalized spacial score (nSPS) is 20.8. The van der Waals surface area contributed by atoms with Gasteiger partial charge < -0.3 is 9.67 Å². The molecule has 0 radical (unpaired) electrons. The summed E-state index contributed by atoms with van der Waals surface area (Å²) >= 11 is 0. The summed E-state index contributed by atoms with van der Waals surface area (Å²) in [7, 11) is 0. The Bertz CT molecular complexity index is 1120. The van der Waals surface area contributed by atoms with E-state index in [1.165, 1.54) is 25.3 Å². The van der Waals surface area contributed by atoms with Gasteiger partial charge in [-0.3, -0.25) is 4.90 Å². The first-order chi connectivity index (χ1) is 14.8. The van der Waals surface area contributed by atoms with Gasteiger partial charge in [-0.05, 0) is 57.4 Å². The molecule has 3 heterocycles. The number of hydrogen-bond donors (Lipinski definition) is 1. The third-order valence-electron chi connectivity index (χ3n) is 6.72. The molecule has 6 nitrogen and oxygen atoms in total. The topological polar surface area (TPSA) is 67.1 Å². The molecular formula is C22H24F3N5O. The molecule has 2 aromatic heterocycles. The number of benzene rings is 1. The molecule has 1 aliphatic carbocycles. The van der Waals surface area contributed by atoms with Gasteiger partial charge in [0.25, 0.3) is 0 Å². The highest BCUT2D eigenvalue weighted by Gasteiger charge is 2.32. The number of nitrogens with zero attached hydrogens (tertiary/aromatic N) is 5. The maximum atomic E-state index is 12.9. The lowest BCUT2D eigenvalue weighted by molar-refractivity contribution is -0.137. The lowest BCUT2D eigenvalue weighted by Gasteiger charge is -2.42. The van der Waals surface area contributed by atoms with Crippen molar-refractivity contribution in [2.24, 2.45) is 0 Å². The van der Waals surface area contributed by atoms with Crippen LogP contribution in [0.5, 0.6) is 5.75 Å². The van der Waals surface area contributed by atoms with Crippen molar-refractivity contribution in [3.05, 3.63) is 35.7 Å². The van der Waals surface area contributed by atoms with Crippen LogP contribution in [0, 0.1) is 6.92 Å². The zero-order valence-electron chi connectivity index (χ0n) is 17.2. The zero-order valence-corrected chi connectivity index (χ0v) is 17.2. The largest absolute Gasteiger partial charge is 0.507 e. The molecule has 1 saturated carbocycles. The minimum atomic E-state index is -4.52. The van der Waals surface area contributed by atoms with Crippen LogP contribution in [0.3, 0.4) is 0 Å². The van der Waals surface area contributed by atoms with E-state index in [-0.39, 0.29) is 11.6 Å². The predicted molar refractivity (Wildman–Crippen MR) is 110 cm³/mol. The number of fused-ring (bicyclic) bond motifs is 1. The van der Waals surface area contributed by atoms with Gasteiger partial charge in [0.05, 0.1) is 11.9 Å². The summed E-state index contributed by atoms with van der Waals surface area (Å²) in [6, 6.07) is 3.86. The highest BCUT2D eigenvalue weighted by molar-refractivity contribution is 5.83. The van der Waals surface area contributed by atoms with Crippen molar-refractivity contribution in [1.29, 1.82) is 0 Å². The van der Waals surface area contributed by atoms with Crippen molar-refractivity contribution in [3.8, 4) is 17.0 Å². The molecule has 0 amide bonds. The smallest absolute Gasteiger partial charge is 0.416 e. The number of halogens is 3. The number of aryl methyl sites for hydroxylation is 1. The Morgan fingerprint density at radius 1 is 1.06 bits per heavy atom. The Morgan fingerprint density at radius 3 is 2.52 bits per heavy atom. The van der Waals surface area contributed by atoms with Gasteiger partial charge in [0.2, 0.25) is 0 Å². The van der Waals surface area contributed by atoms with E-state index < -0.39 is 17.5 Å². The molecule has 1 aliphatic heterocycles. The summed E-state index contributed by atoms with van der Waals surface area (Å²) in [5.74, 6) is -0.477. The minimum absolute atomic E-state index is 0.211. The number of hydrogen-bond acceptors (Lipinski definition) is 5. The van der Waals surface area contributed by atoms with Gasteiger partial charge in [-0.2, -0.15) is 13.2 Å². The van der Waals surface area contributed by atoms with Crippen LogP contribution in [0.1, 0.15) is 49.3 Å². The number of piperidine rings is 1. The Kier molecular flexibility index (Phi) is 4.88. The summed E-state index contributed by atoms with van der Waals surface area (Å²) in [4.78, 5) is 7.12. The molecule has 9 heteroatoms. The molecule has 0 bridgehead atoms. The quantitative estimate of drug-likeness (QED) is 0.650. The summed E-state index contributed by atoms with van der Waals surface area (Å²) in [6.07, 6.45) is 3.31. The molecule has 3 aromatic rings. The van der Waals surface area contributed by atoms with Crippen LogP contribution in [0.2, 0.25) is 0 Å². The van der Waals surface area contributed by atoms with Crippen molar-refractivity contribution in [2.45, 2.75) is 57.3 Å². The second-order valence-electron chi connectivity index (χ2n) is 8.60. The van der Waals surface area contributed by atoms with E-state index in [9.17, 15) is 18.3 Å². The van der Waals surface area contributed by atoms with Crippen molar-refractivity contribution in [2.75, 3.05) is 13.1 Å². The van der Waals surface area contributed by atoms with Crippen molar-refractivity contribution in [3.63, 3.8) is 0 Å². The average molecular weight is 431 g/mol. The standard InChI is InChI=1S/C22H24F3N5O/c1-13-19(17-8-7-14(10-18(17)31)22(23,24)25)27-28-21-20(13)26-12-30(21)16-6-3-9-29(11-16)15-4-2-5-15/h7-8,10,12,15-16,31H,2-6,9,11H2,1H3/t16-/m1/s1. The van der Waals surface area contributed by atoms with Crippen LogP contribution in [-0.2, 0) is 6.18 Å². The van der Waals surface area contributed by atoms with Gasteiger partial charge in [0, 0.05) is 29.8 Å². The van der Waals surface area contributed by atoms with E-state index >= 15 is 0 Å². The number of phenolic OH excluding ortho intramolecular Hbond substituents is 1. The summed E-state index contributed by atoms with van der Waals surface area (Å²) in [6.45, 7) is 3.91. The van der Waals surface area contributed by atoms with E-state index in [4.69, 9.17) is 0 Å². The molecule has 0 unspecified atom stereocenters. The summed E-state index contributed by atoms with van der Waals surface area (Å²) < 4.78 is 40.8. The maximum Gasteiger partial charge on any atom is 0.416 e. The Labute approximate surface area is 177 Å². The SMILES string of the molecule is Cc1c(-c2ccc(C(F)(F)F)cc2O)nnc2c1ncn2[C@@H]1CCCN(C2CCC2)C1. The third kappa shape index (κ3) is 3.54. The van der Waals surface area contributed by atoms with Crippen molar-refractivity contribution < 1.29 is 18.3 Å². The van der Waals surface area contributed by atoms with Crippen LogP contribution in [0.25, 0.3) is 22.4 Å². The lowest BCUT2D eigenvalue weighted by Crippen LogP contribution is -2.46. The van der Waals surface area contributed by atoms with Crippen LogP contribution in [0.4, 0.5) is 13.2 Å². The molecule has 0 spiro atoms. The second-order valence-corrected chi connectivity index (χ2v) is 8.60. The van der Waals surface area contributed by atoms with Crippen molar-refractivity contribution >= 4 is 11.2 Å². The van der Waals surface area contributed by atoms with Crippen molar-refractivity contribution in [1.82, 2.24) is 24.6 Å². The highest BCUT2D eigenvalue weighted by Crippen LogP contribution is 2.38. The average Bonchev–Trinajstić information content (AvgIpc) is 3.12. The molecule has 5 rings (SSSR count). The van der Waals surface area contributed by atoms with Crippen LogP contribution < -0.4 is 0 Å². The van der Waals surface area contributed by atoms with Gasteiger partial charge in [0.15, 0.2) is 5.65 Å². The Morgan fingerprint density at radius 2 is 1.84 bits per heavy atom. The predicted octanol–water partition coefficient (Wildman–Crippen LogP) is 4.72.